The van der Waals surface area contributed by atoms with Crippen molar-refractivity contribution >= 4 is 27.2 Å². The molecule has 1 nitrogen and oxygen atoms in total. The zero-order valence-electron chi connectivity index (χ0n) is 7.63. The SMILES string of the molecule is CC(=O)c1ccc2c(C)csc2c1. The number of rotatable bonds is 1. The average molecular weight is 190 g/mol. The highest BCUT2D eigenvalue weighted by molar-refractivity contribution is 7.17. The largest absolute Gasteiger partial charge is 0.295 e. The van der Waals surface area contributed by atoms with Crippen molar-refractivity contribution < 1.29 is 4.79 Å². The summed E-state index contributed by atoms with van der Waals surface area (Å²) in [4.78, 5) is 11.1. The quantitative estimate of drug-likeness (QED) is 0.630. The van der Waals surface area contributed by atoms with Crippen LogP contribution in [0, 0.1) is 6.92 Å². The fourth-order valence-corrected chi connectivity index (χ4v) is 2.36. The van der Waals surface area contributed by atoms with Crippen molar-refractivity contribution in [3.05, 3.63) is 34.7 Å². The maximum absolute atomic E-state index is 11.1. The number of hydrogen-bond donors (Lipinski definition) is 0. The molecule has 0 saturated heterocycles. The van der Waals surface area contributed by atoms with Crippen molar-refractivity contribution in [1.29, 1.82) is 0 Å². The summed E-state index contributed by atoms with van der Waals surface area (Å²) in [6.45, 7) is 3.69. The molecule has 0 amide bonds. The minimum atomic E-state index is 0.132. The van der Waals surface area contributed by atoms with E-state index in [1.165, 1.54) is 15.6 Å². The number of aryl methyl sites for hydroxylation is 1. The van der Waals surface area contributed by atoms with Gasteiger partial charge in [-0.3, -0.25) is 4.79 Å². The predicted molar refractivity (Wildman–Crippen MR) is 56.6 cm³/mol. The van der Waals surface area contributed by atoms with E-state index < -0.39 is 0 Å². The zero-order chi connectivity index (χ0) is 9.42. The van der Waals surface area contributed by atoms with E-state index in [1.807, 2.05) is 18.2 Å². The van der Waals surface area contributed by atoms with Gasteiger partial charge in [0.1, 0.15) is 0 Å². The molecule has 0 aliphatic carbocycles. The van der Waals surface area contributed by atoms with Crippen molar-refractivity contribution in [2.45, 2.75) is 13.8 Å². The van der Waals surface area contributed by atoms with Gasteiger partial charge in [0.05, 0.1) is 0 Å². The Labute approximate surface area is 81.0 Å². The van der Waals surface area contributed by atoms with E-state index in [1.54, 1.807) is 18.3 Å². The summed E-state index contributed by atoms with van der Waals surface area (Å²) in [6, 6.07) is 5.89. The summed E-state index contributed by atoms with van der Waals surface area (Å²) in [5, 5.41) is 3.38. The molecule has 0 atom stereocenters. The van der Waals surface area contributed by atoms with Crippen LogP contribution in [0.15, 0.2) is 23.6 Å². The van der Waals surface area contributed by atoms with E-state index >= 15 is 0 Å². The average Bonchev–Trinajstić information content (AvgIpc) is 2.47. The van der Waals surface area contributed by atoms with Gasteiger partial charge < -0.3 is 0 Å². The summed E-state index contributed by atoms with van der Waals surface area (Å²) in [5.41, 5.74) is 2.09. The molecule has 0 spiro atoms. The molecule has 0 bridgehead atoms. The van der Waals surface area contributed by atoms with Gasteiger partial charge in [-0.05, 0) is 36.2 Å². The summed E-state index contributed by atoms with van der Waals surface area (Å²) in [6.07, 6.45) is 0. The Balaban J connectivity index is 2.70. The van der Waals surface area contributed by atoms with Gasteiger partial charge in [0.2, 0.25) is 0 Å². The van der Waals surface area contributed by atoms with E-state index in [2.05, 4.69) is 12.3 Å². The third-order valence-electron chi connectivity index (χ3n) is 2.18. The van der Waals surface area contributed by atoms with Gasteiger partial charge in [-0.1, -0.05) is 12.1 Å². The Morgan fingerprint density at radius 2 is 2.15 bits per heavy atom. The van der Waals surface area contributed by atoms with Gasteiger partial charge >= 0.3 is 0 Å². The molecule has 0 aliphatic rings. The molecule has 2 heteroatoms. The van der Waals surface area contributed by atoms with Gasteiger partial charge in [-0.15, -0.1) is 11.3 Å². The van der Waals surface area contributed by atoms with Crippen LogP contribution in [-0.4, -0.2) is 5.78 Å². The number of ketones is 1. The number of carbonyl (C=O) groups excluding carboxylic acids is 1. The van der Waals surface area contributed by atoms with Crippen LogP contribution in [0.4, 0.5) is 0 Å². The summed E-state index contributed by atoms with van der Waals surface area (Å²) in [5.74, 6) is 0.132. The molecule has 0 radical (unpaired) electrons. The number of fused-ring (bicyclic) bond motifs is 1. The van der Waals surface area contributed by atoms with Crippen LogP contribution in [0.1, 0.15) is 22.8 Å². The minimum absolute atomic E-state index is 0.132. The van der Waals surface area contributed by atoms with Crippen LogP contribution in [0.5, 0.6) is 0 Å². The van der Waals surface area contributed by atoms with E-state index in [4.69, 9.17) is 0 Å². The normalized spacial score (nSPS) is 10.6. The van der Waals surface area contributed by atoms with Gasteiger partial charge in [0.25, 0.3) is 0 Å². The van der Waals surface area contributed by atoms with Crippen LogP contribution in [0.2, 0.25) is 0 Å². The molecular weight excluding hydrogens is 180 g/mol. The number of thiophene rings is 1. The van der Waals surface area contributed by atoms with Crippen LogP contribution < -0.4 is 0 Å². The van der Waals surface area contributed by atoms with Gasteiger partial charge in [-0.25, -0.2) is 0 Å². The third kappa shape index (κ3) is 1.38. The highest BCUT2D eigenvalue weighted by atomic mass is 32.1. The topological polar surface area (TPSA) is 17.1 Å². The predicted octanol–water partition coefficient (Wildman–Crippen LogP) is 3.41. The molecule has 0 N–H and O–H groups in total. The second-order valence-electron chi connectivity index (χ2n) is 3.19. The molecule has 0 saturated carbocycles. The number of Topliss-reactive ketones (excluding diaryl/α,β-unsaturated/α-hetero) is 1. The Bertz CT molecular complexity index is 468. The highest BCUT2D eigenvalue weighted by Gasteiger charge is 2.03. The van der Waals surface area contributed by atoms with Crippen molar-refractivity contribution in [3.8, 4) is 0 Å². The highest BCUT2D eigenvalue weighted by Crippen LogP contribution is 2.26. The molecule has 66 valence electrons. The Hall–Kier alpha value is -1.15. The molecule has 1 aromatic carbocycles. The van der Waals surface area contributed by atoms with Gasteiger partial charge in [0.15, 0.2) is 5.78 Å². The number of benzene rings is 1. The molecule has 0 fully saturated rings. The fraction of sp³-hybridized carbons (Fsp3) is 0.182. The second kappa shape index (κ2) is 2.96. The molecule has 2 aromatic rings. The lowest BCUT2D eigenvalue weighted by molar-refractivity contribution is 0.101. The summed E-state index contributed by atoms with van der Waals surface area (Å²) >= 11 is 1.69. The van der Waals surface area contributed by atoms with Crippen LogP contribution in [-0.2, 0) is 0 Å². The first-order valence-corrected chi connectivity index (χ1v) is 5.05. The van der Waals surface area contributed by atoms with Gasteiger partial charge in [0, 0.05) is 10.3 Å². The van der Waals surface area contributed by atoms with E-state index in [9.17, 15) is 4.79 Å². The minimum Gasteiger partial charge on any atom is -0.295 e. The molecule has 2 rings (SSSR count). The summed E-state index contributed by atoms with van der Waals surface area (Å²) in [7, 11) is 0. The van der Waals surface area contributed by atoms with Crippen LogP contribution in [0.3, 0.4) is 0 Å². The third-order valence-corrected chi connectivity index (χ3v) is 3.24. The smallest absolute Gasteiger partial charge is 0.159 e. The van der Waals surface area contributed by atoms with Crippen LogP contribution >= 0.6 is 11.3 Å². The first-order valence-electron chi connectivity index (χ1n) is 4.17. The lowest BCUT2D eigenvalue weighted by Crippen LogP contribution is -1.89. The van der Waals surface area contributed by atoms with Crippen molar-refractivity contribution in [2.24, 2.45) is 0 Å². The van der Waals surface area contributed by atoms with Crippen LogP contribution in [0.25, 0.3) is 10.1 Å². The lowest BCUT2D eigenvalue weighted by atomic mass is 10.1. The molecule has 0 aliphatic heterocycles. The Morgan fingerprint density at radius 1 is 1.38 bits per heavy atom. The van der Waals surface area contributed by atoms with Crippen molar-refractivity contribution in [1.82, 2.24) is 0 Å². The number of hydrogen-bond acceptors (Lipinski definition) is 2. The molecular formula is C11H10OS. The fourth-order valence-electron chi connectivity index (χ4n) is 1.38. The molecule has 1 heterocycles. The molecule has 1 aromatic heterocycles. The second-order valence-corrected chi connectivity index (χ2v) is 4.10. The van der Waals surface area contributed by atoms with Crippen molar-refractivity contribution in [3.63, 3.8) is 0 Å². The zero-order valence-corrected chi connectivity index (χ0v) is 8.44. The van der Waals surface area contributed by atoms with Crippen molar-refractivity contribution in [2.75, 3.05) is 0 Å². The first kappa shape index (κ1) is 8.45. The molecule has 13 heavy (non-hydrogen) atoms. The summed E-state index contributed by atoms with van der Waals surface area (Å²) < 4.78 is 1.20. The first-order chi connectivity index (χ1) is 6.18. The Kier molecular flexibility index (Phi) is 1.93. The van der Waals surface area contributed by atoms with Gasteiger partial charge in [-0.2, -0.15) is 0 Å². The standard InChI is InChI=1S/C11H10OS/c1-7-6-13-11-5-9(8(2)12)3-4-10(7)11/h3-6H,1-2H3. The maximum Gasteiger partial charge on any atom is 0.159 e. The number of carbonyl (C=O) groups is 1. The maximum atomic E-state index is 11.1. The lowest BCUT2D eigenvalue weighted by Gasteiger charge is -1.95. The Morgan fingerprint density at radius 3 is 2.85 bits per heavy atom. The van der Waals surface area contributed by atoms with E-state index in [0.29, 0.717) is 0 Å². The van der Waals surface area contributed by atoms with E-state index in [0.717, 1.165) is 5.56 Å². The molecule has 0 unspecified atom stereocenters. The van der Waals surface area contributed by atoms with E-state index in [-0.39, 0.29) is 5.78 Å². The monoisotopic (exact) mass is 190 g/mol.